The van der Waals surface area contributed by atoms with Gasteiger partial charge in [0, 0.05) is 10.6 Å². The van der Waals surface area contributed by atoms with Gasteiger partial charge in [0.2, 0.25) is 0 Å². The van der Waals surface area contributed by atoms with Crippen molar-refractivity contribution in [1.82, 2.24) is 4.98 Å². The quantitative estimate of drug-likeness (QED) is 0.762. The van der Waals surface area contributed by atoms with Crippen LogP contribution in [0.25, 0.3) is 0 Å². The maximum absolute atomic E-state index is 5.85. The molecule has 0 radical (unpaired) electrons. The number of aromatic nitrogens is 1. The molecular formula is C9H16N2S2. The molecule has 4 heteroatoms. The number of hydrogen-bond acceptors (Lipinski definition) is 4. The highest BCUT2D eigenvalue weighted by atomic mass is 32.1. The fourth-order valence-corrected chi connectivity index (χ4v) is 2.57. The van der Waals surface area contributed by atoms with Gasteiger partial charge in [-0.25, -0.2) is 4.98 Å². The highest BCUT2D eigenvalue weighted by Crippen LogP contribution is 2.28. The molecule has 0 bridgehead atoms. The molecule has 0 aliphatic heterocycles. The Bertz CT molecular complexity index is 281. The Hall–Kier alpha value is -0.0600. The predicted molar refractivity (Wildman–Crippen MR) is 61.7 cm³/mol. The molecule has 2 nitrogen and oxygen atoms in total. The predicted octanol–water partition coefficient (Wildman–Crippen LogP) is 2.50. The Labute approximate surface area is 89.0 Å². The van der Waals surface area contributed by atoms with Crippen LogP contribution < -0.4 is 5.73 Å². The third kappa shape index (κ3) is 2.45. The number of thiol groups is 1. The molecule has 1 aromatic rings. The van der Waals surface area contributed by atoms with Gasteiger partial charge in [-0.3, -0.25) is 0 Å². The summed E-state index contributed by atoms with van der Waals surface area (Å²) in [7, 11) is 0. The van der Waals surface area contributed by atoms with Crippen LogP contribution in [0.3, 0.4) is 0 Å². The molecule has 1 unspecified atom stereocenters. The number of aryl methyl sites for hydroxylation is 1. The van der Waals surface area contributed by atoms with Crippen molar-refractivity contribution >= 4 is 24.0 Å². The summed E-state index contributed by atoms with van der Waals surface area (Å²) in [4.78, 5) is 5.79. The van der Waals surface area contributed by atoms with Gasteiger partial charge in [-0.1, -0.05) is 13.8 Å². The van der Waals surface area contributed by atoms with Gasteiger partial charge in [-0.2, -0.15) is 12.6 Å². The molecule has 13 heavy (non-hydrogen) atoms. The van der Waals surface area contributed by atoms with Gasteiger partial charge < -0.3 is 5.73 Å². The molecule has 0 aliphatic rings. The van der Waals surface area contributed by atoms with Gasteiger partial charge in [0.25, 0.3) is 0 Å². The summed E-state index contributed by atoms with van der Waals surface area (Å²) >= 11 is 5.88. The molecule has 0 amide bonds. The summed E-state index contributed by atoms with van der Waals surface area (Å²) in [5.74, 6) is 1.20. The van der Waals surface area contributed by atoms with E-state index in [0.717, 1.165) is 10.7 Å². The molecule has 0 fully saturated rings. The zero-order valence-corrected chi connectivity index (χ0v) is 9.95. The highest BCUT2D eigenvalue weighted by Gasteiger charge is 2.14. The van der Waals surface area contributed by atoms with Crippen molar-refractivity contribution in [3.63, 3.8) is 0 Å². The van der Waals surface area contributed by atoms with E-state index < -0.39 is 0 Å². The van der Waals surface area contributed by atoms with E-state index in [2.05, 4.69) is 31.5 Å². The zero-order valence-electron chi connectivity index (χ0n) is 8.24. The largest absolute Gasteiger partial charge is 0.321 e. The Morgan fingerprint density at radius 1 is 1.54 bits per heavy atom. The first-order valence-electron chi connectivity index (χ1n) is 4.40. The first-order valence-corrected chi connectivity index (χ1v) is 5.84. The smallest absolute Gasteiger partial charge is 0.111 e. The first kappa shape index (κ1) is 11.0. The second-order valence-corrected chi connectivity index (χ2v) is 4.87. The number of thiazole rings is 1. The fourth-order valence-electron chi connectivity index (χ4n) is 1.20. The third-order valence-corrected chi connectivity index (χ3v) is 3.87. The van der Waals surface area contributed by atoms with Gasteiger partial charge in [-0.15, -0.1) is 11.3 Å². The Balaban J connectivity index is 2.95. The Morgan fingerprint density at radius 3 is 2.54 bits per heavy atom. The summed E-state index contributed by atoms with van der Waals surface area (Å²) in [6, 6.07) is -0.0143. The van der Waals surface area contributed by atoms with E-state index in [1.807, 2.05) is 6.92 Å². The number of rotatable bonds is 3. The fraction of sp³-hybridized carbons (Fsp3) is 0.667. The van der Waals surface area contributed by atoms with Crippen molar-refractivity contribution in [2.45, 2.75) is 32.7 Å². The molecule has 0 aromatic carbocycles. The molecule has 0 aliphatic carbocycles. The number of hydrogen-bond donors (Lipinski definition) is 2. The lowest BCUT2D eigenvalue weighted by Gasteiger charge is -2.02. The van der Waals surface area contributed by atoms with E-state index in [1.165, 1.54) is 4.88 Å². The number of nitrogens with two attached hydrogens (primary N) is 1. The molecule has 0 spiro atoms. The van der Waals surface area contributed by atoms with E-state index in [4.69, 9.17) is 5.73 Å². The minimum atomic E-state index is -0.0143. The normalized spacial score (nSPS) is 13.7. The van der Waals surface area contributed by atoms with E-state index in [0.29, 0.717) is 11.7 Å². The summed E-state index contributed by atoms with van der Waals surface area (Å²) in [6.07, 6.45) is 0. The summed E-state index contributed by atoms with van der Waals surface area (Å²) < 4.78 is 0. The molecule has 0 saturated carbocycles. The van der Waals surface area contributed by atoms with Crippen LogP contribution in [0, 0.1) is 6.92 Å². The van der Waals surface area contributed by atoms with Crippen molar-refractivity contribution in [3.8, 4) is 0 Å². The monoisotopic (exact) mass is 216 g/mol. The van der Waals surface area contributed by atoms with Gasteiger partial charge >= 0.3 is 0 Å². The molecule has 0 saturated heterocycles. The van der Waals surface area contributed by atoms with E-state index in [9.17, 15) is 0 Å². The summed E-state index contributed by atoms with van der Waals surface area (Å²) in [6.45, 7) is 6.40. The second kappa shape index (κ2) is 4.44. The van der Waals surface area contributed by atoms with Crippen LogP contribution in [0.4, 0.5) is 0 Å². The molecule has 1 aromatic heterocycles. The average molecular weight is 216 g/mol. The van der Waals surface area contributed by atoms with Crippen LogP contribution in [-0.2, 0) is 0 Å². The lowest BCUT2D eigenvalue weighted by atomic mass is 10.1. The Morgan fingerprint density at radius 2 is 2.15 bits per heavy atom. The van der Waals surface area contributed by atoms with E-state index in [1.54, 1.807) is 11.3 Å². The molecule has 1 rings (SSSR count). The van der Waals surface area contributed by atoms with Crippen molar-refractivity contribution in [2.75, 3.05) is 5.75 Å². The van der Waals surface area contributed by atoms with Crippen LogP contribution in [0.15, 0.2) is 0 Å². The van der Waals surface area contributed by atoms with Crippen molar-refractivity contribution in [2.24, 2.45) is 5.73 Å². The first-order chi connectivity index (χ1) is 6.06. The summed E-state index contributed by atoms with van der Waals surface area (Å²) in [5.41, 5.74) is 6.97. The third-order valence-electron chi connectivity index (χ3n) is 1.89. The molecule has 1 heterocycles. The van der Waals surface area contributed by atoms with E-state index >= 15 is 0 Å². The Kier molecular flexibility index (Phi) is 3.76. The van der Waals surface area contributed by atoms with Crippen molar-refractivity contribution in [3.05, 3.63) is 15.6 Å². The van der Waals surface area contributed by atoms with Crippen LogP contribution in [0.5, 0.6) is 0 Å². The molecular weight excluding hydrogens is 200 g/mol. The maximum atomic E-state index is 5.85. The molecule has 1 atom stereocenters. The van der Waals surface area contributed by atoms with Crippen molar-refractivity contribution in [1.29, 1.82) is 0 Å². The minimum absolute atomic E-state index is 0.0143. The molecule has 2 N–H and O–H groups in total. The van der Waals surface area contributed by atoms with E-state index in [-0.39, 0.29) is 6.04 Å². The van der Waals surface area contributed by atoms with Gasteiger partial charge in [0.05, 0.1) is 11.7 Å². The maximum Gasteiger partial charge on any atom is 0.111 e. The SMILES string of the molecule is Cc1nc(C(N)CS)sc1C(C)C. The highest BCUT2D eigenvalue weighted by molar-refractivity contribution is 7.80. The van der Waals surface area contributed by atoms with Gasteiger partial charge in [0.1, 0.15) is 5.01 Å². The topological polar surface area (TPSA) is 38.9 Å². The minimum Gasteiger partial charge on any atom is -0.321 e. The lowest BCUT2D eigenvalue weighted by Crippen LogP contribution is -2.11. The summed E-state index contributed by atoms with van der Waals surface area (Å²) in [5, 5.41) is 1.01. The second-order valence-electron chi connectivity index (χ2n) is 3.45. The number of nitrogens with zero attached hydrogens (tertiary/aromatic N) is 1. The van der Waals surface area contributed by atoms with Crippen LogP contribution in [-0.4, -0.2) is 10.7 Å². The molecule has 74 valence electrons. The van der Waals surface area contributed by atoms with Crippen molar-refractivity contribution < 1.29 is 0 Å². The van der Waals surface area contributed by atoms with Gasteiger partial charge in [0.15, 0.2) is 0 Å². The van der Waals surface area contributed by atoms with Crippen LogP contribution in [0.1, 0.15) is 41.4 Å². The van der Waals surface area contributed by atoms with Crippen LogP contribution in [0.2, 0.25) is 0 Å². The average Bonchev–Trinajstić information content (AvgIpc) is 2.46. The standard InChI is InChI=1S/C9H16N2S2/c1-5(2)8-6(3)11-9(13-8)7(10)4-12/h5,7,12H,4,10H2,1-3H3. The van der Waals surface area contributed by atoms with Gasteiger partial charge in [-0.05, 0) is 12.8 Å². The van der Waals surface area contributed by atoms with Crippen LogP contribution >= 0.6 is 24.0 Å². The lowest BCUT2D eigenvalue weighted by molar-refractivity contribution is 0.814. The zero-order chi connectivity index (χ0) is 10.0.